The topological polar surface area (TPSA) is 108 Å². The number of piperidine rings is 1. The summed E-state index contributed by atoms with van der Waals surface area (Å²) in [6.45, 7) is 11.1. The van der Waals surface area contributed by atoms with Crippen molar-refractivity contribution in [2.45, 2.75) is 71.6 Å². The van der Waals surface area contributed by atoms with Gasteiger partial charge in [-0.1, -0.05) is 18.2 Å². The number of aliphatic hydroxyl groups is 1. The molecule has 0 atom stereocenters. The van der Waals surface area contributed by atoms with Crippen molar-refractivity contribution in [3.8, 4) is 11.1 Å². The van der Waals surface area contributed by atoms with Crippen LogP contribution in [0, 0.1) is 5.92 Å². The van der Waals surface area contributed by atoms with Crippen LogP contribution in [0.2, 0.25) is 0 Å². The smallest absolute Gasteiger partial charge is 0.408 e. The van der Waals surface area contributed by atoms with Gasteiger partial charge in [-0.2, -0.15) is 0 Å². The Morgan fingerprint density at radius 1 is 1.11 bits per heavy atom. The molecule has 1 aliphatic heterocycles. The van der Waals surface area contributed by atoms with Gasteiger partial charge in [-0.15, -0.1) is 0 Å². The number of hydrogen-bond donors (Lipinski definition) is 2. The van der Waals surface area contributed by atoms with Gasteiger partial charge in [-0.05, 0) is 77.0 Å². The second-order valence-corrected chi connectivity index (χ2v) is 11.5. The number of carbonyl (C=O) groups excluding carboxylic acids is 2. The third-order valence-electron chi connectivity index (χ3n) is 6.21. The molecule has 0 radical (unpaired) electrons. The molecule has 3 rings (SSSR count). The number of benzene rings is 1. The molecule has 1 aromatic heterocycles. The van der Waals surface area contributed by atoms with Crippen molar-refractivity contribution in [2.24, 2.45) is 5.92 Å². The van der Waals surface area contributed by atoms with E-state index in [9.17, 15) is 14.7 Å². The van der Waals surface area contributed by atoms with Gasteiger partial charge in [0.25, 0.3) is 0 Å². The Morgan fingerprint density at radius 3 is 2.35 bits per heavy atom. The number of nitrogens with zero attached hydrogens (tertiary/aromatic N) is 4. The molecule has 2 amide bonds. The van der Waals surface area contributed by atoms with Gasteiger partial charge < -0.3 is 25.0 Å². The molecule has 9 heteroatoms. The highest BCUT2D eigenvalue weighted by Crippen LogP contribution is 2.28. The molecule has 0 aliphatic carbocycles. The zero-order valence-electron chi connectivity index (χ0n) is 23.0. The van der Waals surface area contributed by atoms with Gasteiger partial charge in [-0.3, -0.25) is 4.79 Å². The molecule has 202 valence electrons. The van der Waals surface area contributed by atoms with Crippen molar-refractivity contribution in [1.82, 2.24) is 20.2 Å². The summed E-state index contributed by atoms with van der Waals surface area (Å²) < 4.78 is 5.18. The monoisotopic (exact) mass is 511 g/mol. The van der Waals surface area contributed by atoms with Gasteiger partial charge in [0, 0.05) is 44.6 Å². The van der Waals surface area contributed by atoms with Crippen LogP contribution in [0.4, 0.5) is 10.7 Å². The average Bonchev–Trinajstić information content (AvgIpc) is 2.81. The maximum absolute atomic E-state index is 12.5. The maximum Gasteiger partial charge on any atom is 0.408 e. The van der Waals surface area contributed by atoms with Crippen LogP contribution in [-0.4, -0.2) is 69.9 Å². The van der Waals surface area contributed by atoms with Crippen molar-refractivity contribution < 1.29 is 19.4 Å². The van der Waals surface area contributed by atoms with Crippen LogP contribution in [0.3, 0.4) is 0 Å². The summed E-state index contributed by atoms with van der Waals surface area (Å²) in [6.07, 6.45) is 5.93. The lowest BCUT2D eigenvalue weighted by molar-refractivity contribution is -0.129. The molecule has 2 heterocycles. The first-order valence-corrected chi connectivity index (χ1v) is 12.9. The first-order valence-electron chi connectivity index (χ1n) is 12.9. The second-order valence-electron chi connectivity index (χ2n) is 11.5. The summed E-state index contributed by atoms with van der Waals surface area (Å²) >= 11 is 0. The van der Waals surface area contributed by atoms with Gasteiger partial charge >= 0.3 is 6.09 Å². The summed E-state index contributed by atoms with van der Waals surface area (Å²) in [4.78, 5) is 37.3. The van der Waals surface area contributed by atoms with Crippen molar-refractivity contribution in [1.29, 1.82) is 0 Å². The number of nitrogens with one attached hydrogen (secondary N) is 1. The third-order valence-corrected chi connectivity index (χ3v) is 6.21. The molecular weight excluding hydrogens is 470 g/mol. The van der Waals surface area contributed by atoms with Gasteiger partial charge in [0.2, 0.25) is 11.9 Å². The number of carbonyl (C=O) groups is 2. The molecule has 1 aromatic carbocycles. The number of alkyl carbamates (subject to hydrolysis) is 1. The molecular formula is C28H41N5O4. The van der Waals surface area contributed by atoms with Crippen molar-refractivity contribution in [3.05, 3.63) is 42.2 Å². The summed E-state index contributed by atoms with van der Waals surface area (Å²) in [6, 6.07) is 7.92. The van der Waals surface area contributed by atoms with E-state index >= 15 is 0 Å². The zero-order chi connectivity index (χ0) is 27.2. The van der Waals surface area contributed by atoms with Crippen LogP contribution in [0.5, 0.6) is 0 Å². The van der Waals surface area contributed by atoms with Gasteiger partial charge in [0.15, 0.2) is 0 Å². The van der Waals surface area contributed by atoms with E-state index in [2.05, 4.69) is 20.2 Å². The molecule has 0 bridgehead atoms. The molecule has 1 fully saturated rings. The lowest BCUT2D eigenvalue weighted by atomic mass is 9.86. The Hall–Kier alpha value is -3.20. The first kappa shape index (κ1) is 28.4. The first-order chi connectivity index (χ1) is 17.3. The Balaban J connectivity index is 1.54. The molecule has 2 N–H and O–H groups in total. The number of likely N-dealkylation sites (N-methyl/N-ethyl adjacent to an activating group) is 1. The van der Waals surface area contributed by atoms with Crippen molar-refractivity contribution >= 4 is 17.9 Å². The highest BCUT2D eigenvalue weighted by Gasteiger charge is 2.26. The van der Waals surface area contributed by atoms with Crippen molar-refractivity contribution in [3.63, 3.8) is 0 Å². The van der Waals surface area contributed by atoms with E-state index in [0.717, 1.165) is 55.0 Å². The zero-order valence-corrected chi connectivity index (χ0v) is 23.0. The van der Waals surface area contributed by atoms with E-state index in [-0.39, 0.29) is 12.5 Å². The number of hydrogen-bond acceptors (Lipinski definition) is 7. The highest BCUT2D eigenvalue weighted by atomic mass is 16.6. The Labute approximate surface area is 220 Å². The Morgan fingerprint density at radius 2 is 1.76 bits per heavy atom. The number of ether oxygens (including phenoxy) is 1. The fraction of sp³-hybridized carbons (Fsp3) is 0.571. The summed E-state index contributed by atoms with van der Waals surface area (Å²) in [5, 5.41) is 12.6. The number of amides is 2. The number of aromatic nitrogens is 2. The van der Waals surface area contributed by atoms with Crippen LogP contribution < -0.4 is 10.2 Å². The molecule has 9 nitrogen and oxygen atoms in total. The van der Waals surface area contributed by atoms with E-state index in [1.54, 1.807) is 32.7 Å². The molecule has 37 heavy (non-hydrogen) atoms. The number of rotatable bonds is 8. The van der Waals surface area contributed by atoms with Crippen LogP contribution >= 0.6 is 0 Å². The average molecular weight is 512 g/mol. The van der Waals surface area contributed by atoms with E-state index in [0.29, 0.717) is 12.5 Å². The third kappa shape index (κ3) is 9.31. The SMILES string of the molecule is CN(Cc1cccc(-c2cnc(N3CCC(CC(C)(C)O)CC3)nc2)c1)C(=O)CNC(=O)OC(C)(C)C. The molecule has 0 unspecified atom stereocenters. The lowest BCUT2D eigenvalue weighted by Gasteiger charge is -2.34. The predicted octanol–water partition coefficient (Wildman–Crippen LogP) is 4.00. The predicted molar refractivity (Wildman–Crippen MR) is 144 cm³/mol. The van der Waals surface area contributed by atoms with Gasteiger partial charge in [-0.25, -0.2) is 14.8 Å². The summed E-state index contributed by atoms with van der Waals surface area (Å²) in [5.74, 6) is 1.04. The minimum atomic E-state index is -0.626. The van der Waals surface area contributed by atoms with Crippen LogP contribution in [-0.2, 0) is 16.1 Å². The second kappa shape index (κ2) is 11.9. The van der Waals surface area contributed by atoms with Crippen LogP contribution in [0.25, 0.3) is 11.1 Å². The van der Waals surface area contributed by atoms with Gasteiger partial charge in [0.05, 0.1) is 5.60 Å². The molecule has 2 aromatic rings. The summed E-state index contributed by atoms with van der Waals surface area (Å²) in [5.41, 5.74) is 1.60. The standard InChI is InChI=1S/C28H41N5O4/c1-27(2,3)37-26(35)31-18-24(34)32(6)19-21-8-7-9-22(14-21)23-16-29-25(30-17-23)33-12-10-20(11-13-33)15-28(4,5)36/h7-9,14,16-17,20,36H,10-13,15,18-19H2,1-6H3,(H,31,35). The molecule has 1 aliphatic rings. The van der Waals surface area contributed by atoms with Crippen molar-refractivity contribution in [2.75, 3.05) is 31.6 Å². The normalized spacial score (nSPS) is 14.8. The number of anilines is 1. The molecule has 1 saturated heterocycles. The fourth-order valence-corrected chi connectivity index (χ4v) is 4.49. The molecule has 0 saturated carbocycles. The van der Waals surface area contributed by atoms with E-state index in [1.165, 1.54) is 0 Å². The van der Waals surface area contributed by atoms with Gasteiger partial charge in [0.1, 0.15) is 12.1 Å². The van der Waals surface area contributed by atoms with E-state index < -0.39 is 17.3 Å². The quantitative estimate of drug-likeness (QED) is 0.551. The minimum Gasteiger partial charge on any atom is -0.444 e. The minimum absolute atomic E-state index is 0.130. The Kier molecular flexibility index (Phi) is 9.12. The maximum atomic E-state index is 12.5. The van der Waals surface area contributed by atoms with E-state index in [1.807, 2.05) is 50.5 Å². The lowest BCUT2D eigenvalue weighted by Crippen LogP contribution is -2.40. The fourth-order valence-electron chi connectivity index (χ4n) is 4.49. The largest absolute Gasteiger partial charge is 0.444 e. The Bertz CT molecular complexity index is 1050. The molecule has 0 spiro atoms. The van der Waals surface area contributed by atoms with Crippen LogP contribution in [0.15, 0.2) is 36.7 Å². The van der Waals surface area contributed by atoms with E-state index in [4.69, 9.17) is 4.74 Å². The summed E-state index contributed by atoms with van der Waals surface area (Å²) in [7, 11) is 1.70. The van der Waals surface area contributed by atoms with Crippen LogP contribution in [0.1, 0.15) is 59.4 Å². The highest BCUT2D eigenvalue weighted by molar-refractivity contribution is 5.82.